The maximum atomic E-state index is 4.42. The van der Waals surface area contributed by atoms with Gasteiger partial charge >= 0.3 is 0 Å². The lowest BCUT2D eigenvalue weighted by Gasteiger charge is -2.27. The van der Waals surface area contributed by atoms with Crippen molar-refractivity contribution in [2.75, 3.05) is 0 Å². The first-order valence-corrected chi connectivity index (χ1v) is 5.92. The van der Waals surface area contributed by atoms with Gasteiger partial charge in [-0.05, 0) is 19.3 Å². The summed E-state index contributed by atoms with van der Waals surface area (Å²) in [6, 6.07) is 0.506. The maximum absolute atomic E-state index is 4.42. The zero-order valence-corrected chi connectivity index (χ0v) is 10.5. The molecule has 3 heteroatoms. The van der Waals surface area contributed by atoms with Crippen molar-refractivity contribution in [3.8, 4) is 0 Å². The molecule has 0 aromatic carbocycles. The van der Waals surface area contributed by atoms with Gasteiger partial charge in [-0.3, -0.25) is 0 Å². The highest BCUT2D eigenvalue weighted by molar-refractivity contribution is 7.09. The van der Waals surface area contributed by atoms with Crippen LogP contribution in [0.2, 0.25) is 0 Å². The molecule has 0 bridgehead atoms. The van der Waals surface area contributed by atoms with E-state index in [1.807, 2.05) is 6.92 Å². The minimum Gasteiger partial charge on any atom is -0.307 e. The molecule has 1 atom stereocenters. The van der Waals surface area contributed by atoms with E-state index in [2.05, 4.69) is 43.4 Å². The van der Waals surface area contributed by atoms with Gasteiger partial charge in [-0.25, -0.2) is 4.98 Å². The van der Waals surface area contributed by atoms with Crippen molar-refractivity contribution in [3.63, 3.8) is 0 Å². The van der Waals surface area contributed by atoms with Gasteiger partial charge in [0.05, 0.1) is 0 Å². The molecule has 1 rings (SSSR count). The van der Waals surface area contributed by atoms with E-state index in [9.17, 15) is 0 Å². The SMILES string of the molecule is Cc1csc(CNC(C)C(C)(C)C)n1. The molecule has 1 aromatic rings. The van der Waals surface area contributed by atoms with Crippen molar-refractivity contribution >= 4 is 11.3 Å². The van der Waals surface area contributed by atoms with Gasteiger partial charge in [-0.15, -0.1) is 11.3 Å². The Labute approximate surface area is 90.8 Å². The average molecular weight is 212 g/mol. The molecule has 0 aliphatic rings. The molecule has 14 heavy (non-hydrogen) atoms. The van der Waals surface area contributed by atoms with E-state index in [1.165, 1.54) is 5.01 Å². The van der Waals surface area contributed by atoms with Gasteiger partial charge < -0.3 is 5.32 Å². The van der Waals surface area contributed by atoms with E-state index in [1.54, 1.807) is 11.3 Å². The first-order chi connectivity index (χ1) is 6.39. The number of nitrogens with zero attached hydrogens (tertiary/aromatic N) is 1. The lowest BCUT2D eigenvalue weighted by Crippen LogP contribution is -2.37. The van der Waals surface area contributed by atoms with Gasteiger partial charge in [0.25, 0.3) is 0 Å². The predicted octanol–water partition coefficient (Wildman–Crippen LogP) is 2.98. The molecule has 1 N–H and O–H groups in total. The van der Waals surface area contributed by atoms with Crippen LogP contribution in [0.25, 0.3) is 0 Å². The van der Waals surface area contributed by atoms with Gasteiger partial charge in [0, 0.05) is 23.7 Å². The van der Waals surface area contributed by atoms with Crippen LogP contribution in [-0.2, 0) is 6.54 Å². The Morgan fingerprint density at radius 3 is 2.57 bits per heavy atom. The van der Waals surface area contributed by atoms with Gasteiger partial charge in [0.15, 0.2) is 0 Å². The zero-order valence-electron chi connectivity index (χ0n) is 9.72. The van der Waals surface area contributed by atoms with Crippen molar-refractivity contribution in [2.24, 2.45) is 5.41 Å². The van der Waals surface area contributed by atoms with Crippen molar-refractivity contribution < 1.29 is 0 Å². The molecule has 0 saturated heterocycles. The van der Waals surface area contributed by atoms with E-state index < -0.39 is 0 Å². The van der Waals surface area contributed by atoms with Crippen LogP contribution in [-0.4, -0.2) is 11.0 Å². The molecule has 1 aromatic heterocycles. The van der Waals surface area contributed by atoms with Crippen molar-refractivity contribution in [2.45, 2.75) is 47.2 Å². The Kier molecular flexibility index (Phi) is 3.67. The number of thiazole rings is 1. The number of nitrogens with one attached hydrogen (secondary N) is 1. The third-order valence-electron chi connectivity index (χ3n) is 2.53. The summed E-state index contributed by atoms with van der Waals surface area (Å²) in [5, 5.41) is 6.78. The average Bonchev–Trinajstić information content (AvgIpc) is 2.45. The summed E-state index contributed by atoms with van der Waals surface area (Å²) in [5.41, 5.74) is 1.43. The van der Waals surface area contributed by atoms with Crippen LogP contribution in [0, 0.1) is 12.3 Å². The molecular weight excluding hydrogens is 192 g/mol. The van der Waals surface area contributed by atoms with Crippen LogP contribution in [0.15, 0.2) is 5.38 Å². The standard InChI is InChI=1S/C11H20N2S/c1-8-7-14-10(13-8)6-12-9(2)11(3,4)5/h7,9,12H,6H2,1-5H3. The minimum absolute atomic E-state index is 0.312. The Hall–Kier alpha value is -0.410. The summed E-state index contributed by atoms with van der Waals surface area (Å²) in [7, 11) is 0. The molecule has 80 valence electrons. The van der Waals surface area contributed by atoms with E-state index in [4.69, 9.17) is 0 Å². The normalized spacial score (nSPS) is 14.4. The Balaban J connectivity index is 2.41. The van der Waals surface area contributed by atoms with Crippen LogP contribution in [0.3, 0.4) is 0 Å². The monoisotopic (exact) mass is 212 g/mol. The zero-order chi connectivity index (χ0) is 10.8. The third-order valence-corrected chi connectivity index (χ3v) is 3.49. The van der Waals surface area contributed by atoms with Gasteiger partial charge in [-0.2, -0.15) is 0 Å². The molecule has 0 spiro atoms. The van der Waals surface area contributed by atoms with E-state index in [0.29, 0.717) is 11.5 Å². The number of aryl methyl sites for hydroxylation is 1. The molecule has 0 fully saturated rings. The van der Waals surface area contributed by atoms with Crippen LogP contribution in [0.4, 0.5) is 0 Å². The summed E-state index contributed by atoms with van der Waals surface area (Å²) in [5.74, 6) is 0. The minimum atomic E-state index is 0.312. The molecule has 1 heterocycles. The summed E-state index contributed by atoms with van der Waals surface area (Å²) < 4.78 is 0. The molecule has 1 unspecified atom stereocenters. The second-order valence-corrected chi connectivity index (χ2v) is 5.79. The first kappa shape index (κ1) is 11.7. The van der Waals surface area contributed by atoms with E-state index in [0.717, 1.165) is 12.2 Å². The molecule has 0 saturated carbocycles. The molecule has 0 amide bonds. The fraction of sp³-hybridized carbons (Fsp3) is 0.727. The lowest BCUT2D eigenvalue weighted by atomic mass is 9.88. The maximum Gasteiger partial charge on any atom is 0.107 e. The summed E-state index contributed by atoms with van der Waals surface area (Å²) >= 11 is 1.73. The molecule has 0 aliphatic carbocycles. The van der Waals surface area contributed by atoms with E-state index in [-0.39, 0.29) is 0 Å². The smallest absolute Gasteiger partial charge is 0.107 e. The van der Waals surface area contributed by atoms with Crippen molar-refractivity contribution in [1.29, 1.82) is 0 Å². The second-order valence-electron chi connectivity index (χ2n) is 4.85. The fourth-order valence-electron chi connectivity index (χ4n) is 1.03. The highest BCUT2D eigenvalue weighted by Crippen LogP contribution is 2.19. The van der Waals surface area contributed by atoms with E-state index >= 15 is 0 Å². The van der Waals surface area contributed by atoms with Crippen LogP contribution in [0.5, 0.6) is 0 Å². The van der Waals surface area contributed by atoms with Crippen molar-refractivity contribution in [1.82, 2.24) is 10.3 Å². The van der Waals surface area contributed by atoms with Gasteiger partial charge in [-0.1, -0.05) is 20.8 Å². The van der Waals surface area contributed by atoms with Crippen LogP contribution < -0.4 is 5.32 Å². The quantitative estimate of drug-likeness (QED) is 0.833. The molecular formula is C11H20N2S. The van der Waals surface area contributed by atoms with Crippen molar-refractivity contribution in [3.05, 3.63) is 16.1 Å². The number of rotatable bonds is 3. The topological polar surface area (TPSA) is 24.9 Å². The number of hydrogen-bond donors (Lipinski definition) is 1. The number of hydrogen-bond acceptors (Lipinski definition) is 3. The van der Waals surface area contributed by atoms with Crippen LogP contribution in [0.1, 0.15) is 38.4 Å². The molecule has 2 nitrogen and oxygen atoms in total. The summed E-state index contributed by atoms with van der Waals surface area (Å²) in [6.07, 6.45) is 0. The summed E-state index contributed by atoms with van der Waals surface area (Å²) in [4.78, 5) is 4.42. The van der Waals surface area contributed by atoms with Crippen LogP contribution >= 0.6 is 11.3 Å². The summed E-state index contributed by atoms with van der Waals surface area (Å²) in [6.45, 7) is 11.9. The largest absolute Gasteiger partial charge is 0.307 e. The second kappa shape index (κ2) is 4.41. The Morgan fingerprint density at radius 2 is 2.14 bits per heavy atom. The highest BCUT2D eigenvalue weighted by Gasteiger charge is 2.19. The Morgan fingerprint density at radius 1 is 1.50 bits per heavy atom. The van der Waals surface area contributed by atoms with Gasteiger partial charge in [0.1, 0.15) is 5.01 Å². The van der Waals surface area contributed by atoms with Gasteiger partial charge in [0.2, 0.25) is 0 Å². The first-order valence-electron chi connectivity index (χ1n) is 5.04. The Bertz CT molecular complexity index is 286. The fourth-order valence-corrected chi connectivity index (χ4v) is 1.75. The predicted molar refractivity (Wildman–Crippen MR) is 62.6 cm³/mol. The molecule has 0 aliphatic heterocycles. The highest BCUT2D eigenvalue weighted by atomic mass is 32.1. The number of aromatic nitrogens is 1. The third kappa shape index (κ3) is 3.39. The lowest BCUT2D eigenvalue weighted by molar-refractivity contribution is 0.285. The molecule has 0 radical (unpaired) electrons.